The molecule has 0 saturated heterocycles. The van der Waals surface area contributed by atoms with Crippen molar-refractivity contribution in [2.45, 2.75) is 25.8 Å². The number of nitro groups is 1. The average Bonchev–Trinajstić information content (AvgIpc) is 2.36. The van der Waals surface area contributed by atoms with Crippen molar-refractivity contribution >= 4 is 5.69 Å². The van der Waals surface area contributed by atoms with E-state index >= 15 is 0 Å². The lowest BCUT2D eigenvalue weighted by Gasteiger charge is -2.16. The van der Waals surface area contributed by atoms with Crippen LogP contribution in [0.25, 0.3) is 0 Å². The van der Waals surface area contributed by atoms with Gasteiger partial charge in [0, 0.05) is 6.07 Å². The van der Waals surface area contributed by atoms with E-state index in [0.717, 1.165) is 5.56 Å². The molecule has 18 heavy (non-hydrogen) atoms. The first-order valence-corrected chi connectivity index (χ1v) is 5.50. The summed E-state index contributed by atoms with van der Waals surface area (Å²) in [5, 5.41) is 19.7. The van der Waals surface area contributed by atoms with Crippen LogP contribution in [0, 0.1) is 21.4 Å². The summed E-state index contributed by atoms with van der Waals surface area (Å²) in [5.74, 6) is 0.129. The summed E-state index contributed by atoms with van der Waals surface area (Å²) in [6.45, 7) is 3.31. The highest BCUT2D eigenvalue weighted by Crippen LogP contribution is 2.28. The number of nitrogens with zero attached hydrogens (tertiary/aromatic N) is 2. The van der Waals surface area contributed by atoms with E-state index in [2.05, 4.69) is 0 Å². The van der Waals surface area contributed by atoms with Crippen molar-refractivity contribution in [3.63, 3.8) is 0 Å². The summed E-state index contributed by atoms with van der Waals surface area (Å²) in [4.78, 5) is 10.4. The van der Waals surface area contributed by atoms with Crippen molar-refractivity contribution in [1.29, 1.82) is 5.26 Å². The lowest BCUT2D eigenvalue weighted by Crippen LogP contribution is -2.40. The van der Waals surface area contributed by atoms with Gasteiger partial charge in [-0.1, -0.05) is 13.0 Å². The van der Waals surface area contributed by atoms with Crippen molar-refractivity contribution in [2.75, 3.05) is 6.61 Å². The van der Waals surface area contributed by atoms with Gasteiger partial charge in [-0.15, -0.1) is 0 Å². The SMILES string of the molecule is CCc1ccc(OCC(C)(N)C#N)c([N+](=O)[O-])c1. The number of nitro benzene ring substituents is 1. The van der Waals surface area contributed by atoms with Crippen LogP contribution in [0.4, 0.5) is 5.69 Å². The van der Waals surface area contributed by atoms with Crippen molar-refractivity contribution in [3.05, 3.63) is 33.9 Å². The van der Waals surface area contributed by atoms with Crippen LogP contribution < -0.4 is 10.5 Å². The molecular formula is C12H15N3O3. The standard InChI is InChI=1S/C12H15N3O3/c1-3-9-4-5-11(10(6-9)15(16)17)18-8-12(2,14)7-13/h4-6H,3,8,14H2,1-2H3. The van der Waals surface area contributed by atoms with E-state index in [0.29, 0.717) is 6.42 Å². The molecule has 96 valence electrons. The molecule has 0 radical (unpaired) electrons. The van der Waals surface area contributed by atoms with E-state index in [1.807, 2.05) is 13.0 Å². The van der Waals surface area contributed by atoms with Gasteiger partial charge < -0.3 is 10.5 Å². The number of nitriles is 1. The number of ether oxygens (including phenoxy) is 1. The molecule has 0 amide bonds. The Bertz CT molecular complexity index is 492. The highest BCUT2D eigenvalue weighted by atomic mass is 16.6. The number of nitrogens with two attached hydrogens (primary N) is 1. The second-order valence-electron chi connectivity index (χ2n) is 4.23. The molecule has 6 heteroatoms. The average molecular weight is 249 g/mol. The summed E-state index contributed by atoms with van der Waals surface area (Å²) in [6, 6.07) is 6.62. The minimum Gasteiger partial charge on any atom is -0.484 e. The summed E-state index contributed by atoms with van der Waals surface area (Å²) >= 11 is 0. The van der Waals surface area contributed by atoms with Gasteiger partial charge in [0.15, 0.2) is 5.75 Å². The van der Waals surface area contributed by atoms with Gasteiger partial charge in [-0.3, -0.25) is 10.1 Å². The van der Waals surface area contributed by atoms with Gasteiger partial charge >= 0.3 is 5.69 Å². The second kappa shape index (κ2) is 5.47. The Balaban J connectivity index is 2.96. The predicted octanol–water partition coefficient (Wildman–Crippen LogP) is 1.78. The first-order valence-electron chi connectivity index (χ1n) is 5.50. The summed E-state index contributed by atoms with van der Waals surface area (Å²) in [5.41, 5.74) is 5.16. The molecule has 1 aromatic rings. The van der Waals surface area contributed by atoms with E-state index in [9.17, 15) is 10.1 Å². The van der Waals surface area contributed by atoms with Gasteiger partial charge in [-0.05, 0) is 25.0 Å². The predicted molar refractivity (Wildman–Crippen MR) is 66.2 cm³/mol. The zero-order chi connectivity index (χ0) is 13.8. The van der Waals surface area contributed by atoms with Gasteiger partial charge in [-0.25, -0.2) is 0 Å². The van der Waals surface area contributed by atoms with Crippen LogP contribution >= 0.6 is 0 Å². The Labute approximate surface area is 105 Å². The fourth-order valence-corrected chi connectivity index (χ4v) is 1.31. The van der Waals surface area contributed by atoms with Crippen LogP contribution in [0.3, 0.4) is 0 Å². The molecule has 0 aliphatic carbocycles. The molecule has 1 aromatic carbocycles. The van der Waals surface area contributed by atoms with Crippen LogP contribution in [-0.2, 0) is 6.42 Å². The second-order valence-corrected chi connectivity index (χ2v) is 4.23. The molecule has 2 N–H and O–H groups in total. The number of rotatable bonds is 5. The number of aryl methyl sites for hydroxylation is 1. The minimum atomic E-state index is -1.17. The van der Waals surface area contributed by atoms with Crippen molar-refractivity contribution in [2.24, 2.45) is 5.73 Å². The fourth-order valence-electron chi connectivity index (χ4n) is 1.31. The highest BCUT2D eigenvalue weighted by Gasteiger charge is 2.22. The molecule has 0 spiro atoms. The van der Waals surface area contributed by atoms with E-state index in [1.165, 1.54) is 19.1 Å². The topological polar surface area (TPSA) is 102 Å². The molecule has 1 unspecified atom stereocenters. The van der Waals surface area contributed by atoms with Gasteiger partial charge in [0.25, 0.3) is 0 Å². The third kappa shape index (κ3) is 3.43. The van der Waals surface area contributed by atoms with E-state index in [4.69, 9.17) is 15.7 Å². The maximum Gasteiger partial charge on any atom is 0.311 e. The van der Waals surface area contributed by atoms with Crippen LogP contribution in [-0.4, -0.2) is 17.1 Å². The highest BCUT2D eigenvalue weighted by molar-refractivity contribution is 5.48. The fraction of sp³-hybridized carbons (Fsp3) is 0.417. The number of benzene rings is 1. The number of hydrogen-bond acceptors (Lipinski definition) is 5. The maximum absolute atomic E-state index is 10.9. The van der Waals surface area contributed by atoms with Crippen LogP contribution in [0.2, 0.25) is 0 Å². The molecular weight excluding hydrogens is 234 g/mol. The normalized spacial score (nSPS) is 13.4. The molecule has 0 bridgehead atoms. The molecule has 0 aliphatic rings. The zero-order valence-corrected chi connectivity index (χ0v) is 10.3. The lowest BCUT2D eigenvalue weighted by atomic mass is 10.1. The monoisotopic (exact) mass is 249 g/mol. The van der Waals surface area contributed by atoms with Crippen LogP contribution in [0.5, 0.6) is 5.75 Å². The van der Waals surface area contributed by atoms with Gasteiger partial charge in [-0.2, -0.15) is 5.26 Å². The first kappa shape index (κ1) is 13.9. The molecule has 6 nitrogen and oxygen atoms in total. The molecule has 0 saturated carbocycles. The maximum atomic E-state index is 10.9. The molecule has 0 aliphatic heterocycles. The number of hydrogen-bond donors (Lipinski definition) is 1. The van der Waals surface area contributed by atoms with Crippen molar-refractivity contribution < 1.29 is 9.66 Å². The van der Waals surface area contributed by atoms with Crippen molar-refractivity contribution in [1.82, 2.24) is 0 Å². The molecule has 0 heterocycles. The zero-order valence-electron chi connectivity index (χ0n) is 10.3. The third-order valence-corrected chi connectivity index (χ3v) is 2.41. The molecule has 1 rings (SSSR count). The largest absolute Gasteiger partial charge is 0.484 e. The van der Waals surface area contributed by atoms with Crippen molar-refractivity contribution in [3.8, 4) is 11.8 Å². The Kier molecular flexibility index (Phi) is 4.23. The van der Waals surface area contributed by atoms with E-state index < -0.39 is 10.5 Å². The Morgan fingerprint density at radius 2 is 2.28 bits per heavy atom. The molecule has 1 atom stereocenters. The summed E-state index contributed by atoms with van der Waals surface area (Å²) in [7, 11) is 0. The quantitative estimate of drug-likeness (QED) is 0.632. The molecule has 0 aromatic heterocycles. The Hall–Kier alpha value is -2.13. The van der Waals surface area contributed by atoms with E-state index in [-0.39, 0.29) is 18.0 Å². The summed E-state index contributed by atoms with van der Waals surface area (Å²) < 4.78 is 5.26. The van der Waals surface area contributed by atoms with E-state index in [1.54, 1.807) is 6.07 Å². The minimum absolute atomic E-state index is 0.101. The van der Waals surface area contributed by atoms with Gasteiger partial charge in [0.1, 0.15) is 12.1 Å². The summed E-state index contributed by atoms with van der Waals surface area (Å²) in [6.07, 6.45) is 0.702. The first-order chi connectivity index (χ1) is 8.39. The lowest BCUT2D eigenvalue weighted by molar-refractivity contribution is -0.386. The Morgan fingerprint density at radius 3 is 2.78 bits per heavy atom. The smallest absolute Gasteiger partial charge is 0.311 e. The van der Waals surface area contributed by atoms with Gasteiger partial charge in [0.2, 0.25) is 0 Å². The van der Waals surface area contributed by atoms with Crippen LogP contribution in [0.1, 0.15) is 19.4 Å². The van der Waals surface area contributed by atoms with Crippen LogP contribution in [0.15, 0.2) is 18.2 Å². The Morgan fingerprint density at radius 1 is 1.61 bits per heavy atom. The van der Waals surface area contributed by atoms with Gasteiger partial charge in [0.05, 0.1) is 11.0 Å². The third-order valence-electron chi connectivity index (χ3n) is 2.41. The molecule has 0 fully saturated rings.